The number of amides is 2. The average Bonchev–Trinajstić information content (AvgIpc) is 3.37. The van der Waals surface area contributed by atoms with Crippen molar-refractivity contribution in [2.45, 2.75) is 18.8 Å². The normalized spacial score (nSPS) is 18.8. The van der Waals surface area contributed by atoms with Gasteiger partial charge in [-0.15, -0.1) is 0 Å². The fourth-order valence-corrected chi connectivity index (χ4v) is 3.73. The number of likely N-dealkylation sites (tertiary alicyclic amines) is 1. The molecule has 0 spiro atoms. The van der Waals surface area contributed by atoms with Crippen molar-refractivity contribution in [1.29, 1.82) is 0 Å². The maximum Gasteiger partial charge on any atom is 0.253 e. The Morgan fingerprint density at radius 1 is 1.07 bits per heavy atom. The monoisotopic (exact) mass is 376 g/mol. The highest BCUT2D eigenvalue weighted by Crippen LogP contribution is 2.38. The van der Waals surface area contributed by atoms with Crippen molar-refractivity contribution in [2.24, 2.45) is 0 Å². The van der Waals surface area contributed by atoms with Crippen LogP contribution in [-0.2, 0) is 4.79 Å². The SMILES string of the molecule is CC(=O)Nc1cccc(C(=O)N2C[C@H](c3ncon3)[C@H](c3ccccc3)C2)c1. The Morgan fingerprint density at radius 3 is 2.57 bits per heavy atom. The second-order valence-corrected chi connectivity index (χ2v) is 6.89. The maximum atomic E-state index is 13.1. The van der Waals surface area contributed by atoms with Crippen LogP contribution in [0.5, 0.6) is 0 Å². The summed E-state index contributed by atoms with van der Waals surface area (Å²) >= 11 is 0. The molecule has 1 N–H and O–H groups in total. The fourth-order valence-electron chi connectivity index (χ4n) is 3.73. The van der Waals surface area contributed by atoms with E-state index in [1.165, 1.54) is 13.3 Å². The van der Waals surface area contributed by atoms with E-state index in [0.29, 0.717) is 30.2 Å². The van der Waals surface area contributed by atoms with Crippen LogP contribution in [0.2, 0.25) is 0 Å². The van der Waals surface area contributed by atoms with Gasteiger partial charge in [0.15, 0.2) is 5.82 Å². The van der Waals surface area contributed by atoms with Crippen molar-refractivity contribution >= 4 is 17.5 Å². The summed E-state index contributed by atoms with van der Waals surface area (Å²) in [5, 5.41) is 6.73. The first-order valence-electron chi connectivity index (χ1n) is 9.10. The van der Waals surface area contributed by atoms with Crippen molar-refractivity contribution in [3.05, 3.63) is 77.9 Å². The second-order valence-electron chi connectivity index (χ2n) is 6.89. The number of rotatable bonds is 4. The van der Waals surface area contributed by atoms with Crippen molar-refractivity contribution in [3.8, 4) is 0 Å². The van der Waals surface area contributed by atoms with Crippen molar-refractivity contribution in [1.82, 2.24) is 15.0 Å². The molecule has 7 heteroatoms. The molecule has 1 aliphatic rings. The number of nitrogens with one attached hydrogen (secondary N) is 1. The van der Waals surface area contributed by atoms with Crippen LogP contribution in [0.1, 0.15) is 40.5 Å². The molecule has 1 aromatic heterocycles. The van der Waals surface area contributed by atoms with Gasteiger partial charge in [-0.3, -0.25) is 9.59 Å². The van der Waals surface area contributed by atoms with Crippen LogP contribution in [0, 0.1) is 0 Å². The largest absolute Gasteiger partial charge is 0.343 e. The molecule has 0 unspecified atom stereocenters. The van der Waals surface area contributed by atoms with Gasteiger partial charge in [-0.1, -0.05) is 41.6 Å². The zero-order valence-electron chi connectivity index (χ0n) is 15.4. The summed E-state index contributed by atoms with van der Waals surface area (Å²) in [7, 11) is 0. The first-order valence-corrected chi connectivity index (χ1v) is 9.10. The highest BCUT2D eigenvalue weighted by atomic mass is 16.5. The molecule has 2 heterocycles. The maximum absolute atomic E-state index is 13.1. The van der Waals surface area contributed by atoms with E-state index in [4.69, 9.17) is 4.52 Å². The van der Waals surface area contributed by atoms with Gasteiger partial charge in [0.05, 0.1) is 0 Å². The molecule has 2 atom stereocenters. The lowest BCUT2D eigenvalue weighted by molar-refractivity contribution is -0.114. The Hall–Kier alpha value is -3.48. The molecule has 2 amide bonds. The number of carbonyl (C=O) groups excluding carboxylic acids is 2. The molecule has 7 nitrogen and oxygen atoms in total. The Labute approximate surface area is 162 Å². The van der Waals surface area contributed by atoms with E-state index in [0.717, 1.165) is 5.56 Å². The van der Waals surface area contributed by atoms with E-state index >= 15 is 0 Å². The predicted octanol–water partition coefficient (Wildman–Crippen LogP) is 3.05. The Kier molecular flexibility index (Phi) is 4.89. The van der Waals surface area contributed by atoms with Crippen molar-refractivity contribution in [2.75, 3.05) is 18.4 Å². The molecule has 0 radical (unpaired) electrons. The molecule has 1 aliphatic heterocycles. The molecule has 4 rings (SSSR count). The van der Waals surface area contributed by atoms with Gasteiger partial charge in [0.1, 0.15) is 0 Å². The smallest absolute Gasteiger partial charge is 0.253 e. The summed E-state index contributed by atoms with van der Waals surface area (Å²) in [4.78, 5) is 30.5. The summed E-state index contributed by atoms with van der Waals surface area (Å²) < 4.78 is 4.94. The van der Waals surface area contributed by atoms with Gasteiger partial charge in [0.25, 0.3) is 5.91 Å². The Bertz CT molecular complexity index is 972. The van der Waals surface area contributed by atoms with Crippen LogP contribution in [0.4, 0.5) is 5.69 Å². The van der Waals surface area contributed by atoms with Gasteiger partial charge in [0.2, 0.25) is 12.3 Å². The third-order valence-electron chi connectivity index (χ3n) is 4.97. The average molecular weight is 376 g/mol. The minimum absolute atomic E-state index is 0.0383. The Balaban J connectivity index is 1.60. The molecule has 3 aromatic rings. The lowest BCUT2D eigenvalue weighted by atomic mass is 9.88. The molecule has 2 aromatic carbocycles. The minimum atomic E-state index is -0.174. The molecular weight excluding hydrogens is 356 g/mol. The topological polar surface area (TPSA) is 88.3 Å². The third kappa shape index (κ3) is 3.64. The molecule has 1 saturated heterocycles. The first kappa shape index (κ1) is 17.9. The lowest BCUT2D eigenvalue weighted by Crippen LogP contribution is -2.29. The Morgan fingerprint density at radius 2 is 1.86 bits per heavy atom. The van der Waals surface area contributed by atoms with E-state index in [1.54, 1.807) is 24.3 Å². The number of benzene rings is 2. The molecule has 142 valence electrons. The highest BCUT2D eigenvalue weighted by Gasteiger charge is 2.39. The van der Waals surface area contributed by atoms with Gasteiger partial charge in [-0.25, -0.2) is 0 Å². The van der Waals surface area contributed by atoms with Crippen LogP contribution in [0.3, 0.4) is 0 Å². The summed E-state index contributed by atoms with van der Waals surface area (Å²) in [6.45, 7) is 2.50. The second kappa shape index (κ2) is 7.64. The van der Waals surface area contributed by atoms with Gasteiger partial charge >= 0.3 is 0 Å². The zero-order chi connectivity index (χ0) is 19.5. The van der Waals surface area contributed by atoms with Crippen molar-refractivity contribution in [3.63, 3.8) is 0 Å². The number of aromatic nitrogens is 2. The van der Waals surface area contributed by atoms with E-state index in [9.17, 15) is 9.59 Å². The van der Waals surface area contributed by atoms with Crippen LogP contribution >= 0.6 is 0 Å². The number of hydrogen-bond donors (Lipinski definition) is 1. The number of anilines is 1. The lowest BCUT2D eigenvalue weighted by Gasteiger charge is -2.17. The van der Waals surface area contributed by atoms with Gasteiger partial charge in [0, 0.05) is 43.1 Å². The number of nitrogens with zero attached hydrogens (tertiary/aromatic N) is 3. The van der Waals surface area contributed by atoms with E-state index in [2.05, 4.69) is 27.6 Å². The van der Waals surface area contributed by atoms with Crippen LogP contribution < -0.4 is 5.32 Å². The molecule has 0 bridgehead atoms. The third-order valence-corrected chi connectivity index (χ3v) is 4.97. The highest BCUT2D eigenvalue weighted by molar-refractivity contribution is 5.97. The quantitative estimate of drug-likeness (QED) is 0.756. The molecular formula is C21H20N4O3. The van der Waals surface area contributed by atoms with Crippen LogP contribution in [-0.4, -0.2) is 39.9 Å². The summed E-state index contributed by atoms with van der Waals surface area (Å²) in [5.74, 6) is 0.396. The fraction of sp³-hybridized carbons (Fsp3) is 0.238. The molecule has 28 heavy (non-hydrogen) atoms. The molecule has 0 saturated carbocycles. The van der Waals surface area contributed by atoms with Crippen LogP contribution in [0.25, 0.3) is 0 Å². The van der Waals surface area contributed by atoms with E-state index < -0.39 is 0 Å². The van der Waals surface area contributed by atoms with E-state index in [1.807, 2.05) is 23.1 Å². The van der Waals surface area contributed by atoms with Crippen molar-refractivity contribution < 1.29 is 14.1 Å². The summed E-state index contributed by atoms with van der Waals surface area (Å²) in [5.41, 5.74) is 2.28. The molecule has 0 aliphatic carbocycles. The first-order chi connectivity index (χ1) is 13.6. The zero-order valence-corrected chi connectivity index (χ0v) is 15.4. The predicted molar refractivity (Wildman–Crippen MR) is 103 cm³/mol. The van der Waals surface area contributed by atoms with Gasteiger partial charge < -0.3 is 14.7 Å². The van der Waals surface area contributed by atoms with E-state index in [-0.39, 0.29) is 23.7 Å². The standard InChI is InChI=1S/C21H20N4O3/c1-14(26)23-17-9-5-8-16(10-17)21(27)25-11-18(15-6-3-2-4-7-15)19(12-25)20-22-13-28-24-20/h2-10,13,18-19H,11-12H2,1H3,(H,23,26)/t18-,19-/m0/s1. The van der Waals surface area contributed by atoms with Gasteiger partial charge in [-0.05, 0) is 23.8 Å². The summed E-state index contributed by atoms with van der Waals surface area (Å²) in [6.07, 6.45) is 1.32. The van der Waals surface area contributed by atoms with Gasteiger partial charge in [-0.2, -0.15) is 4.98 Å². The van der Waals surface area contributed by atoms with Crippen LogP contribution in [0.15, 0.2) is 65.5 Å². The molecule has 1 fully saturated rings. The summed E-state index contributed by atoms with van der Waals surface area (Å²) in [6, 6.07) is 17.0. The number of carbonyl (C=O) groups is 2. The number of hydrogen-bond acceptors (Lipinski definition) is 5. The minimum Gasteiger partial charge on any atom is -0.343 e.